The van der Waals surface area contributed by atoms with E-state index in [1.54, 1.807) is 18.3 Å². The molecule has 1 aromatic heterocycles. The molecule has 1 aliphatic heterocycles. The molecule has 2 aromatic rings. The topological polar surface area (TPSA) is 37.6 Å². The lowest BCUT2D eigenvalue weighted by molar-refractivity contribution is -0.137. The lowest BCUT2D eigenvalue weighted by atomic mass is 10.1. The van der Waals surface area contributed by atoms with E-state index in [1.165, 1.54) is 12.1 Å². The number of hydrogen-bond acceptors (Lipinski definition) is 3. The largest absolute Gasteiger partial charge is 0.416 e. The Kier molecular flexibility index (Phi) is 3.29. The number of hydrogen-bond donors (Lipinski definition) is 0. The maximum absolute atomic E-state index is 12.5. The van der Waals surface area contributed by atoms with Crippen molar-refractivity contribution < 1.29 is 13.2 Å². The van der Waals surface area contributed by atoms with Gasteiger partial charge in [0.05, 0.1) is 17.0 Å². The quantitative estimate of drug-likeness (QED) is 0.793. The van der Waals surface area contributed by atoms with Crippen LogP contribution in [0.15, 0.2) is 65.0 Å². The molecule has 0 saturated carbocycles. The third-order valence-corrected chi connectivity index (χ3v) is 3.10. The van der Waals surface area contributed by atoms with Crippen LogP contribution in [0.3, 0.4) is 0 Å². The molecular formula is C15H10F3N3. The first-order valence-electron chi connectivity index (χ1n) is 6.25. The number of pyridine rings is 1. The molecule has 21 heavy (non-hydrogen) atoms. The van der Waals surface area contributed by atoms with Crippen molar-refractivity contribution in [3.05, 3.63) is 71.6 Å². The fraction of sp³-hybridized carbons (Fsp3) is 0.133. The first kappa shape index (κ1) is 13.5. The molecule has 1 atom stereocenters. The van der Waals surface area contributed by atoms with Crippen molar-refractivity contribution in [3.8, 4) is 0 Å². The van der Waals surface area contributed by atoms with Crippen molar-refractivity contribution in [1.82, 2.24) is 4.98 Å². The van der Waals surface area contributed by atoms with Gasteiger partial charge in [-0.05, 0) is 30.3 Å². The summed E-state index contributed by atoms with van der Waals surface area (Å²) < 4.78 is 37.5. The number of halogens is 3. The van der Waals surface area contributed by atoms with Gasteiger partial charge in [0.25, 0.3) is 0 Å². The summed E-state index contributed by atoms with van der Waals surface area (Å²) in [6.07, 6.45) is -0.889. The predicted molar refractivity (Wildman–Crippen MR) is 71.3 cm³/mol. The molecule has 0 spiro atoms. The molecule has 3 rings (SSSR count). The highest BCUT2D eigenvalue weighted by Gasteiger charge is 2.30. The maximum Gasteiger partial charge on any atom is 0.416 e. The zero-order valence-electron chi connectivity index (χ0n) is 10.7. The summed E-state index contributed by atoms with van der Waals surface area (Å²) in [5.74, 6) is 0. The van der Waals surface area contributed by atoms with Gasteiger partial charge in [0, 0.05) is 11.8 Å². The Labute approximate surface area is 118 Å². The zero-order chi connectivity index (χ0) is 14.9. The van der Waals surface area contributed by atoms with Gasteiger partial charge in [0.15, 0.2) is 0 Å². The molecule has 2 heterocycles. The third kappa shape index (κ3) is 2.84. The number of rotatable bonds is 2. The lowest BCUT2D eigenvalue weighted by Crippen LogP contribution is -2.04. The van der Waals surface area contributed by atoms with Gasteiger partial charge in [0.2, 0.25) is 0 Å². The molecule has 0 amide bonds. The molecule has 0 bridgehead atoms. The first-order valence-corrected chi connectivity index (χ1v) is 6.25. The van der Waals surface area contributed by atoms with E-state index in [4.69, 9.17) is 0 Å². The highest BCUT2D eigenvalue weighted by molar-refractivity contribution is 5.66. The minimum Gasteiger partial charge on any atom is -0.259 e. The molecule has 1 aromatic carbocycles. The number of alkyl halides is 3. The third-order valence-electron chi connectivity index (χ3n) is 3.10. The molecule has 106 valence electrons. The predicted octanol–water partition coefficient (Wildman–Crippen LogP) is 4.65. The molecule has 0 fully saturated rings. The lowest BCUT2D eigenvalue weighted by Gasteiger charge is -2.06. The van der Waals surface area contributed by atoms with Crippen molar-refractivity contribution >= 4 is 5.70 Å². The summed E-state index contributed by atoms with van der Waals surface area (Å²) in [5, 5.41) is 8.10. The van der Waals surface area contributed by atoms with Crippen LogP contribution in [-0.2, 0) is 6.18 Å². The summed E-state index contributed by atoms with van der Waals surface area (Å²) in [6, 6.07) is 10.1. The van der Waals surface area contributed by atoms with Gasteiger partial charge in [-0.25, -0.2) is 0 Å². The van der Waals surface area contributed by atoms with E-state index < -0.39 is 11.7 Å². The Morgan fingerprint density at radius 3 is 2.33 bits per heavy atom. The Balaban J connectivity index is 1.84. The van der Waals surface area contributed by atoms with Crippen LogP contribution in [0.25, 0.3) is 5.70 Å². The summed E-state index contributed by atoms with van der Waals surface area (Å²) in [4.78, 5) is 4.19. The smallest absolute Gasteiger partial charge is 0.259 e. The van der Waals surface area contributed by atoms with Gasteiger partial charge in [-0.1, -0.05) is 18.2 Å². The molecule has 0 saturated heterocycles. The van der Waals surface area contributed by atoms with Crippen LogP contribution in [0.4, 0.5) is 13.2 Å². The highest BCUT2D eigenvalue weighted by atomic mass is 19.4. The fourth-order valence-corrected chi connectivity index (χ4v) is 2.02. The minimum absolute atomic E-state index is 0.288. The van der Waals surface area contributed by atoms with Crippen molar-refractivity contribution in [1.29, 1.82) is 0 Å². The molecule has 6 heteroatoms. The second-order valence-electron chi connectivity index (χ2n) is 4.54. The van der Waals surface area contributed by atoms with E-state index >= 15 is 0 Å². The number of aromatic nitrogens is 1. The van der Waals surface area contributed by atoms with Gasteiger partial charge in [-0.15, -0.1) is 0 Å². The van der Waals surface area contributed by atoms with Crippen LogP contribution in [0.5, 0.6) is 0 Å². The SMILES string of the molecule is FC(F)(F)c1ccc(C2=CC(c3ccccn3)N=N2)cc1. The normalized spacial score (nSPS) is 17.9. The Hall–Kier alpha value is -2.50. The van der Waals surface area contributed by atoms with Gasteiger partial charge >= 0.3 is 6.18 Å². The van der Waals surface area contributed by atoms with Crippen molar-refractivity contribution in [2.24, 2.45) is 10.2 Å². The van der Waals surface area contributed by atoms with Crippen molar-refractivity contribution in [3.63, 3.8) is 0 Å². The standard InChI is InChI=1S/C15H10F3N3/c16-15(17,18)11-6-4-10(5-7-11)13-9-14(21-20-13)12-3-1-2-8-19-12/h1-9,14H. The van der Waals surface area contributed by atoms with Crippen LogP contribution in [0.2, 0.25) is 0 Å². The van der Waals surface area contributed by atoms with Crippen molar-refractivity contribution in [2.45, 2.75) is 12.2 Å². The van der Waals surface area contributed by atoms with E-state index in [1.807, 2.05) is 12.1 Å². The van der Waals surface area contributed by atoms with Crippen molar-refractivity contribution in [2.75, 3.05) is 0 Å². The monoisotopic (exact) mass is 289 g/mol. The fourth-order valence-electron chi connectivity index (χ4n) is 2.02. The van der Waals surface area contributed by atoms with Gasteiger partial charge in [-0.2, -0.15) is 23.4 Å². The summed E-state index contributed by atoms with van der Waals surface area (Å²) >= 11 is 0. The Bertz CT molecular complexity index is 688. The molecule has 0 radical (unpaired) electrons. The van der Waals surface area contributed by atoms with Crippen LogP contribution < -0.4 is 0 Å². The van der Waals surface area contributed by atoms with Gasteiger partial charge in [-0.3, -0.25) is 4.98 Å². The highest BCUT2D eigenvalue weighted by Crippen LogP contribution is 2.33. The molecular weight excluding hydrogens is 279 g/mol. The van der Waals surface area contributed by atoms with Crippen LogP contribution in [0.1, 0.15) is 22.9 Å². The second kappa shape index (κ2) is 5.12. The number of azo groups is 1. The molecule has 1 unspecified atom stereocenters. The number of benzene rings is 1. The average molecular weight is 289 g/mol. The van der Waals surface area contributed by atoms with Gasteiger partial charge < -0.3 is 0 Å². The summed E-state index contributed by atoms with van der Waals surface area (Å²) in [6.45, 7) is 0. The van der Waals surface area contributed by atoms with E-state index in [-0.39, 0.29) is 6.04 Å². The zero-order valence-corrected chi connectivity index (χ0v) is 10.7. The maximum atomic E-state index is 12.5. The molecule has 1 aliphatic rings. The van der Waals surface area contributed by atoms with Crippen LogP contribution in [-0.4, -0.2) is 4.98 Å². The summed E-state index contributed by atoms with van der Waals surface area (Å²) in [7, 11) is 0. The molecule has 0 N–H and O–H groups in total. The molecule has 3 nitrogen and oxygen atoms in total. The second-order valence-corrected chi connectivity index (χ2v) is 4.54. The average Bonchev–Trinajstić information content (AvgIpc) is 2.97. The summed E-state index contributed by atoms with van der Waals surface area (Å²) in [5.41, 5.74) is 1.23. The Morgan fingerprint density at radius 1 is 0.952 bits per heavy atom. The van der Waals surface area contributed by atoms with Crippen LogP contribution in [0, 0.1) is 0 Å². The number of nitrogens with zero attached hydrogens (tertiary/aromatic N) is 3. The van der Waals surface area contributed by atoms with E-state index in [0.29, 0.717) is 11.3 Å². The minimum atomic E-state index is -4.33. The van der Waals surface area contributed by atoms with E-state index in [2.05, 4.69) is 15.2 Å². The van der Waals surface area contributed by atoms with E-state index in [0.717, 1.165) is 17.8 Å². The van der Waals surface area contributed by atoms with Crippen LogP contribution >= 0.6 is 0 Å². The molecule has 0 aliphatic carbocycles. The Morgan fingerprint density at radius 2 is 1.71 bits per heavy atom. The van der Waals surface area contributed by atoms with Gasteiger partial charge in [0.1, 0.15) is 6.04 Å². The van der Waals surface area contributed by atoms with E-state index in [9.17, 15) is 13.2 Å². The first-order chi connectivity index (χ1) is 10.0.